The molecule has 0 unspecified atom stereocenters. The number of fused-ring (bicyclic) bond motifs is 3. The van der Waals surface area contributed by atoms with Crippen molar-refractivity contribution in [1.29, 1.82) is 0 Å². The maximum absolute atomic E-state index is 13.8. The molecule has 0 spiro atoms. The number of anilines is 1. The normalized spacial score (nSPS) is 20.7. The standard InChI is InChI=1S/C19H18FN3O3/c1-22(25-2)19(24)18-17(12-6-4-3-5-7-12)15-11-26-16-9-8-13(20)10-14(16)23(15)21-18/h3-10,15,17H,11H2,1-2H3/t15-,17+/m0/s1. The van der Waals surface area contributed by atoms with Crippen molar-refractivity contribution in [3.8, 4) is 5.75 Å². The molecule has 2 heterocycles. The molecule has 2 aromatic rings. The predicted molar refractivity (Wildman–Crippen MR) is 94.6 cm³/mol. The van der Waals surface area contributed by atoms with Crippen LogP contribution in [-0.4, -0.2) is 43.5 Å². The number of rotatable bonds is 3. The first kappa shape index (κ1) is 16.5. The van der Waals surface area contributed by atoms with Crippen molar-refractivity contribution in [2.24, 2.45) is 5.10 Å². The van der Waals surface area contributed by atoms with Crippen LogP contribution in [0.25, 0.3) is 0 Å². The molecule has 0 aromatic heterocycles. The van der Waals surface area contributed by atoms with E-state index >= 15 is 0 Å². The Morgan fingerprint density at radius 1 is 1.31 bits per heavy atom. The zero-order chi connectivity index (χ0) is 18.3. The maximum atomic E-state index is 13.8. The Morgan fingerprint density at radius 2 is 2.08 bits per heavy atom. The average Bonchev–Trinajstić information content (AvgIpc) is 3.07. The molecular formula is C19H18FN3O3. The van der Waals surface area contributed by atoms with E-state index < -0.39 is 0 Å². The molecule has 134 valence electrons. The maximum Gasteiger partial charge on any atom is 0.294 e. The number of halogens is 1. The minimum atomic E-state index is -0.381. The summed E-state index contributed by atoms with van der Waals surface area (Å²) in [6, 6.07) is 13.7. The van der Waals surface area contributed by atoms with E-state index in [0.29, 0.717) is 23.8 Å². The molecule has 26 heavy (non-hydrogen) atoms. The van der Waals surface area contributed by atoms with Gasteiger partial charge >= 0.3 is 0 Å². The van der Waals surface area contributed by atoms with Crippen molar-refractivity contribution in [3.63, 3.8) is 0 Å². The molecule has 0 fully saturated rings. The first-order valence-electron chi connectivity index (χ1n) is 8.27. The lowest BCUT2D eigenvalue weighted by atomic mass is 9.87. The molecule has 4 rings (SSSR count). The van der Waals surface area contributed by atoms with E-state index in [2.05, 4.69) is 5.10 Å². The van der Waals surface area contributed by atoms with Gasteiger partial charge in [-0.2, -0.15) is 5.10 Å². The van der Waals surface area contributed by atoms with E-state index in [4.69, 9.17) is 9.57 Å². The van der Waals surface area contributed by atoms with Gasteiger partial charge in [0.2, 0.25) is 0 Å². The molecule has 6 nitrogen and oxygen atoms in total. The van der Waals surface area contributed by atoms with E-state index in [1.165, 1.54) is 26.3 Å². The summed E-state index contributed by atoms with van der Waals surface area (Å²) in [5.41, 5.74) is 1.80. The van der Waals surface area contributed by atoms with Gasteiger partial charge in [-0.1, -0.05) is 30.3 Å². The van der Waals surface area contributed by atoms with Crippen molar-refractivity contribution in [1.82, 2.24) is 5.06 Å². The van der Waals surface area contributed by atoms with Crippen LogP contribution in [0.1, 0.15) is 11.5 Å². The molecule has 0 saturated carbocycles. The van der Waals surface area contributed by atoms with Crippen molar-refractivity contribution in [3.05, 3.63) is 59.9 Å². The Hall–Kier alpha value is -2.93. The van der Waals surface area contributed by atoms with E-state index in [9.17, 15) is 9.18 Å². The zero-order valence-corrected chi connectivity index (χ0v) is 14.4. The fourth-order valence-corrected chi connectivity index (χ4v) is 3.40. The lowest BCUT2D eigenvalue weighted by Gasteiger charge is -2.33. The first-order chi connectivity index (χ1) is 12.6. The molecular weight excluding hydrogens is 337 g/mol. The zero-order valence-electron chi connectivity index (χ0n) is 14.4. The summed E-state index contributed by atoms with van der Waals surface area (Å²) in [5, 5.41) is 7.38. The summed E-state index contributed by atoms with van der Waals surface area (Å²) in [6.07, 6.45) is 0. The molecule has 0 aliphatic carbocycles. The molecule has 0 radical (unpaired) electrons. The second-order valence-corrected chi connectivity index (χ2v) is 6.19. The van der Waals surface area contributed by atoms with Gasteiger partial charge in [-0.15, -0.1) is 0 Å². The Kier molecular flexibility index (Phi) is 4.08. The monoisotopic (exact) mass is 355 g/mol. The Bertz CT molecular complexity index is 872. The van der Waals surface area contributed by atoms with E-state index in [1.54, 1.807) is 11.1 Å². The highest BCUT2D eigenvalue weighted by atomic mass is 19.1. The Labute approximate surface area is 150 Å². The van der Waals surface area contributed by atoms with Gasteiger partial charge in [-0.05, 0) is 17.7 Å². The van der Waals surface area contributed by atoms with Crippen LogP contribution in [0.3, 0.4) is 0 Å². The smallest absolute Gasteiger partial charge is 0.294 e. The van der Waals surface area contributed by atoms with Crippen molar-refractivity contribution in [2.75, 3.05) is 25.8 Å². The molecule has 7 heteroatoms. The minimum Gasteiger partial charge on any atom is -0.489 e. The number of carbonyl (C=O) groups excluding carboxylic acids is 1. The second kappa shape index (κ2) is 6.42. The van der Waals surface area contributed by atoms with Crippen LogP contribution in [0.4, 0.5) is 10.1 Å². The van der Waals surface area contributed by atoms with Crippen molar-refractivity contribution in [2.45, 2.75) is 12.0 Å². The first-order valence-corrected chi connectivity index (χ1v) is 8.27. The molecule has 0 saturated heterocycles. The largest absolute Gasteiger partial charge is 0.489 e. The fraction of sp³-hybridized carbons (Fsp3) is 0.263. The van der Waals surface area contributed by atoms with Crippen LogP contribution >= 0.6 is 0 Å². The topological polar surface area (TPSA) is 54.4 Å². The summed E-state index contributed by atoms with van der Waals surface area (Å²) in [4.78, 5) is 17.9. The number of amides is 1. The van der Waals surface area contributed by atoms with Gasteiger partial charge in [0.25, 0.3) is 5.91 Å². The Morgan fingerprint density at radius 3 is 2.81 bits per heavy atom. The van der Waals surface area contributed by atoms with Crippen LogP contribution in [0.2, 0.25) is 0 Å². The van der Waals surface area contributed by atoms with Gasteiger partial charge in [0, 0.05) is 13.1 Å². The number of hydrogen-bond acceptors (Lipinski definition) is 5. The third kappa shape index (κ3) is 2.61. The number of ether oxygens (including phenoxy) is 1. The SMILES string of the molecule is CON(C)C(=O)C1=NN2c3cc(F)ccc3OC[C@H]2[C@H]1c1ccccc1. The quantitative estimate of drug-likeness (QED) is 0.794. The highest BCUT2D eigenvalue weighted by Crippen LogP contribution is 2.43. The van der Waals surface area contributed by atoms with Gasteiger partial charge in [0.05, 0.1) is 19.1 Å². The number of nitrogens with zero attached hydrogens (tertiary/aromatic N) is 3. The van der Waals surface area contributed by atoms with Crippen molar-refractivity contribution >= 4 is 17.3 Å². The second-order valence-electron chi connectivity index (χ2n) is 6.19. The van der Waals surface area contributed by atoms with E-state index in [0.717, 1.165) is 10.6 Å². The number of hydrogen-bond donors (Lipinski definition) is 0. The van der Waals surface area contributed by atoms with Gasteiger partial charge in [0.15, 0.2) is 0 Å². The van der Waals surface area contributed by atoms with Crippen LogP contribution in [0.5, 0.6) is 5.75 Å². The van der Waals surface area contributed by atoms with Crippen LogP contribution in [0, 0.1) is 5.82 Å². The van der Waals surface area contributed by atoms with Crippen molar-refractivity contribution < 1.29 is 18.8 Å². The number of hydrazone groups is 1. The van der Waals surface area contributed by atoms with E-state index in [-0.39, 0.29) is 23.7 Å². The number of carbonyl (C=O) groups is 1. The number of benzene rings is 2. The highest BCUT2D eigenvalue weighted by molar-refractivity contribution is 6.41. The van der Waals surface area contributed by atoms with Gasteiger partial charge in [0.1, 0.15) is 29.6 Å². The molecule has 2 aromatic carbocycles. The summed E-state index contributed by atoms with van der Waals surface area (Å²) < 4.78 is 19.6. The lowest BCUT2D eigenvalue weighted by molar-refractivity contribution is -0.160. The van der Waals surface area contributed by atoms with Gasteiger partial charge in [-0.25, -0.2) is 9.45 Å². The molecule has 0 N–H and O–H groups in total. The summed E-state index contributed by atoms with van der Waals surface area (Å²) in [7, 11) is 2.96. The average molecular weight is 355 g/mol. The third-order valence-corrected chi connectivity index (χ3v) is 4.72. The third-order valence-electron chi connectivity index (χ3n) is 4.72. The minimum absolute atomic E-state index is 0.240. The molecule has 0 bridgehead atoms. The van der Waals surface area contributed by atoms with Crippen LogP contribution < -0.4 is 9.75 Å². The fourth-order valence-electron chi connectivity index (χ4n) is 3.40. The van der Waals surface area contributed by atoms with Gasteiger partial charge in [-0.3, -0.25) is 14.6 Å². The molecule has 2 atom stereocenters. The molecule has 2 aliphatic heterocycles. The highest BCUT2D eigenvalue weighted by Gasteiger charge is 2.46. The molecule has 1 amide bonds. The summed E-state index contributed by atoms with van der Waals surface area (Å²) >= 11 is 0. The Balaban J connectivity index is 1.82. The predicted octanol–water partition coefficient (Wildman–Crippen LogP) is 2.57. The van der Waals surface area contributed by atoms with E-state index in [1.807, 2.05) is 30.3 Å². The summed E-state index contributed by atoms with van der Waals surface area (Å²) in [5.74, 6) is -0.480. The van der Waals surface area contributed by atoms with Crippen LogP contribution in [0.15, 0.2) is 53.6 Å². The van der Waals surface area contributed by atoms with Gasteiger partial charge < -0.3 is 4.74 Å². The molecule has 2 aliphatic rings. The summed E-state index contributed by atoms with van der Waals surface area (Å²) in [6.45, 7) is 0.342. The van der Waals surface area contributed by atoms with Crippen LogP contribution in [-0.2, 0) is 9.63 Å². The lowest BCUT2D eigenvalue weighted by Crippen LogP contribution is -2.42. The number of hydroxylamine groups is 2.